The second-order valence-electron chi connectivity index (χ2n) is 8.13. The Labute approximate surface area is 186 Å². The molecule has 9 heteroatoms. The average Bonchev–Trinajstić information content (AvgIpc) is 3.25. The van der Waals surface area contributed by atoms with Crippen LogP contribution in [0.1, 0.15) is 34.2 Å². The van der Waals surface area contributed by atoms with Gasteiger partial charge in [-0.2, -0.15) is 18.3 Å². The smallest absolute Gasteiger partial charge is 0.416 e. The van der Waals surface area contributed by atoms with E-state index in [1.807, 2.05) is 31.2 Å². The van der Waals surface area contributed by atoms with Crippen LogP contribution in [0.15, 0.2) is 71.9 Å². The molecule has 4 aromatic rings. The Bertz CT molecular complexity index is 1390. The van der Waals surface area contributed by atoms with Crippen LogP contribution in [0, 0.1) is 6.92 Å². The van der Waals surface area contributed by atoms with Crippen LogP contribution in [-0.2, 0) is 12.7 Å². The van der Waals surface area contributed by atoms with Crippen LogP contribution in [0.3, 0.4) is 0 Å². The SMILES string of the molecule is Cc1ccc([C@@H](c2cccc(C(F)(F)F)c2)[C@H]2Cn3ccnc3-c3c(O)c(=O)cnn32)cc1. The molecular formula is C24H19F3N4O2. The van der Waals surface area contributed by atoms with E-state index in [-0.39, 0.29) is 5.69 Å². The highest BCUT2D eigenvalue weighted by Gasteiger charge is 2.37. The van der Waals surface area contributed by atoms with Crippen molar-refractivity contribution in [3.05, 3.63) is 99.6 Å². The van der Waals surface area contributed by atoms with E-state index in [2.05, 4.69) is 10.1 Å². The number of halogens is 3. The van der Waals surface area contributed by atoms with E-state index in [4.69, 9.17) is 0 Å². The Morgan fingerprint density at radius 3 is 2.61 bits per heavy atom. The molecule has 5 rings (SSSR count). The summed E-state index contributed by atoms with van der Waals surface area (Å²) in [6.45, 7) is 2.27. The summed E-state index contributed by atoms with van der Waals surface area (Å²) in [6, 6.07) is 12.3. The molecule has 1 aliphatic heterocycles. The molecule has 0 amide bonds. The van der Waals surface area contributed by atoms with Gasteiger partial charge in [0, 0.05) is 24.9 Å². The van der Waals surface area contributed by atoms with Gasteiger partial charge in [0.1, 0.15) is 5.69 Å². The van der Waals surface area contributed by atoms with Crippen molar-refractivity contribution in [3.63, 3.8) is 0 Å². The monoisotopic (exact) mass is 452 g/mol. The molecule has 2 aromatic heterocycles. The molecule has 0 saturated heterocycles. The quantitative estimate of drug-likeness (QED) is 0.496. The Morgan fingerprint density at radius 1 is 1.12 bits per heavy atom. The summed E-state index contributed by atoms with van der Waals surface area (Å²) in [5.41, 5.74) is 1.01. The molecule has 0 unspecified atom stereocenters. The molecule has 0 aliphatic carbocycles. The number of hydrogen-bond donors (Lipinski definition) is 1. The van der Waals surface area contributed by atoms with Gasteiger partial charge >= 0.3 is 6.18 Å². The number of fused-ring (bicyclic) bond motifs is 3. The molecule has 33 heavy (non-hydrogen) atoms. The van der Waals surface area contributed by atoms with Crippen LogP contribution in [0.25, 0.3) is 11.5 Å². The summed E-state index contributed by atoms with van der Waals surface area (Å²) in [5, 5.41) is 14.8. The number of alkyl halides is 3. The molecule has 2 aromatic carbocycles. The molecule has 168 valence electrons. The second kappa shape index (κ2) is 7.61. The number of imidazole rings is 1. The lowest BCUT2D eigenvalue weighted by Crippen LogP contribution is -2.32. The minimum atomic E-state index is -4.49. The van der Waals surface area contributed by atoms with Crippen LogP contribution >= 0.6 is 0 Å². The summed E-state index contributed by atoms with van der Waals surface area (Å²) < 4.78 is 43.8. The topological polar surface area (TPSA) is 72.9 Å². The number of aromatic hydroxyl groups is 1. The van der Waals surface area contributed by atoms with Crippen molar-refractivity contribution in [2.24, 2.45) is 0 Å². The van der Waals surface area contributed by atoms with E-state index in [1.54, 1.807) is 23.0 Å². The molecule has 6 nitrogen and oxygen atoms in total. The zero-order valence-electron chi connectivity index (χ0n) is 17.5. The summed E-state index contributed by atoms with van der Waals surface area (Å²) in [6.07, 6.45) is -0.217. The van der Waals surface area contributed by atoms with E-state index < -0.39 is 34.9 Å². The Hall–Kier alpha value is -3.88. The lowest BCUT2D eigenvalue weighted by molar-refractivity contribution is -0.137. The van der Waals surface area contributed by atoms with Gasteiger partial charge in [-0.05, 0) is 24.1 Å². The van der Waals surface area contributed by atoms with Crippen LogP contribution in [0.2, 0.25) is 0 Å². The molecule has 0 bridgehead atoms. The van der Waals surface area contributed by atoms with Crippen LogP contribution in [0.5, 0.6) is 5.75 Å². The van der Waals surface area contributed by atoms with Gasteiger partial charge in [0.25, 0.3) is 0 Å². The number of aromatic nitrogens is 4. The third kappa shape index (κ3) is 3.59. The average molecular weight is 452 g/mol. The van der Waals surface area contributed by atoms with Crippen molar-refractivity contribution in [2.75, 3.05) is 0 Å². The zero-order chi connectivity index (χ0) is 23.3. The largest absolute Gasteiger partial charge is 0.503 e. The zero-order valence-corrected chi connectivity index (χ0v) is 17.5. The van der Waals surface area contributed by atoms with Gasteiger partial charge in [-0.3, -0.25) is 9.48 Å². The summed E-state index contributed by atoms with van der Waals surface area (Å²) in [7, 11) is 0. The first-order valence-corrected chi connectivity index (χ1v) is 10.3. The van der Waals surface area contributed by atoms with Crippen LogP contribution in [-0.4, -0.2) is 24.4 Å². The van der Waals surface area contributed by atoms with Gasteiger partial charge in [0.15, 0.2) is 11.6 Å². The fourth-order valence-electron chi connectivity index (χ4n) is 4.44. The minimum absolute atomic E-state index is 0.146. The molecule has 0 saturated carbocycles. The number of hydrogen-bond acceptors (Lipinski definition) is 4. The van der Waals surface area contributed by atoms with Crippen molar-refractivity contribution in [1.82, 2.24) is 19.3 Å². The van der Waals surface area contributed by atoms with Crippen LogP contribution < -0.4 is 5.43 Å². The van der Waals surface area contributed by atoms with E-state index in [9.17, 15) is 23.1 Å². The predicted octanol–water partition coefficient (Wildman–Crippen LogP) is 4.53. The van der Waals surface area contributed by atoms with E-state index in [1.165, 1.54) is 10.7 Å². The molecule has 1 aliphatic rings. The highest BCUT2D eigenvalue weighted by Crippen LogP contribution is 2.43. The maximum Gasteiger partial charge on any atom is 0.416 e. The first-order chi connectivity index (χ1) is 15.7. The first kappa shape index (κ1) is 21.0. The molecule has 0 spiro atoms. The van der Waals surface area contributed by atoms with Crippen LogP contribution in [0.4, 0.5) is 13.2 Å². The highest BCUT2D eigenvalue weighted by atomic mass is 19.4. The van der Waals surface area contributed by atoms with Crippen molar-refractivity contribution >= 4 is 0 Å². The fraction of sp³-hybridized carbons (Fsp3) is 0.208. The standard InChI is InChI=1S/C24H19F3N4O2/c1-14-5-7-15(8-6-14)20(16-3-2-4-17(11-16)24(25,26)27)18-13-30-10-9-28-23(30)21-22(33)19(32)12-29-31(18)21/h2-12,18,20,33H,13H2,1H3/t18-,20+/m1/s1. The molecule has 0 radical (unpaired) electrons. The minimum Gasteiger partial charge on any atom is -0.503 e. The molecule has 2 atom stereocenters. The molecular weight excluding hydrogens is 433 g/mol. The lowest BCUT2D eigenvalue weighted by atomic mass is 9.83. The first-order valence-electron chi connectivity index (χ1n) is 10.3. The van der Waals surface area contributed by atoms with Gasteiger partial charge in [-0.25, -0.2) is 4.98 Å². The highest BCUT2D eigenvalue weighted by molar-refractivity contribution is 5.60. The van der Waals surface area contributed by atoms with E-state index >= 15 is 0 Å². The lowest BCUT2D eigenvalue weighted by Gasteiger charge is -2.35. The molecule has 3 heterocycles. The number of aryl methyl sites for hydroxylation is 1. The van der Waals surface area contributed by atoms with Crippen molar-refractivity contribution < 1.29 is 18.3 Å². The van der Waals surface area contributed by atoms with Gasteiger partial charge in [0.05, 0.1) is 17.8 Å². The summed E-state index contributed by atoms with van der Waals surface area (Å²) in [5.74, 6) is -0.661. The normalized spacial score (nSPS) is 16.2. The predicted molar refractivity (Wildman–Crippen MR) is 115 cm³/mol. The van der Waals surface area contributed by atoms with E-state index in [0.717, 1.165) is 29.5 Å². The van der Waals surface area contributed by atoms with Crippen molar-refractivity contribution in [1.29, 1.82) is 0 Å². The van der Waals surface area contributed by atoms with Gasteiger partial charge in [-0.1, -0.05) is 48.0 Å². The maximum absolute atomic E-state index is 13.5. The van der Waals surface area contributed by atoms with E-state index in [0.29, 0.717) is 17.9 Å². The van der Waals surface area contributed by atoms with Gasteiger partial charge in [0.2, 0.25) is 5.43 Å². The molecule has 1 N–H and O–H groups in total. The number of nitrogens with zero attached hydrogens (tertiary/aromatic N) is 4. The number of benzene rings is 2. The van der Waals surface area contributed by atoms with Gasteiger partial charge in [-0.15, -0.1) is 0 Å². The van der Waals surface area contributed by atoms with Crippen molar-refractivity contribution in [2.45, 2.75) is 31.6 Å². The third-order valence-corrected chi connectivity index (χ3v) is 6.01. The Morgan fingerprint density at radius 2 is 1.88 bits per heavy atom. The third-order valence-electron chi connectivity index (χ3n) is 6.01. The maximum atomic E-state index is 13.5. The molecule has 0 fully saturated rings. The second-order valence-corrected chi connectivity index (χ2v) is 8.13. The Balaban J connectivity index is 1.75. The number of rotatable bonds is 3. The van der Waals surface area contributed by atoms with Crippen molar-refractivity contribution in [3.8, 4) is 17.3 Å². The summed E-state index contributed by atoms with van der Waals surface area (Å²) in [4.78, 5) is 16.4. The fourth-order valence-corrected chi connectivity index (χ4v) is 4.44. The Kier molecular flexibility index (Phi) is 4.84. The summed E-state index contributed by atoms with van der Waals surface area (Å²) >= 11 is 0. The van der Waals surface area contributed by atoms with Gasteiger partial charge < -0.3 is 9.67 Å².